The Kier molecular flexibility index (Phi) is 8.09. The number of anilines is 1. The van der Waals surface area contributed by atoms with E-state index in [4.69, 9.17) is 0 Å². The fraction of sp³-hybridized carbons (Fsp3) is 0.189. The molecule has 4 aromatic rings. The number of nitrogens with one attached hydrogen (secondary N) is 1. The second kappa shape index (κ2) is 12.4. The van der Waals surface area contributed by atoms with Gasteiger partial charge in [-0.25, -0.2) is 0 Å². The average molecular weight is 568 g/mol. The summed E-state index contributed by atoms with van der Waals surface area (Å²) >= 11 is 0. The van der Waals surface area contributed by atoms with E-state index in [1.54, 1.807) is 18.3 Å². The van der Waals surface area contributed by atoms with Crippen molar-refractivity contribution in [3.63, 3.8) is 0 Å². The van der Waals surface area contributed by atoms with Crippen molar-refractivity contribution in [1.82, 2.24) is 0 Å². The van der Waals surface area contributed by atoms with Crippen LogP contribution in [0.4, 0.5) is 11.4 Å². The van der Waals surface area contributed by atoms with Gasteiger partial charge in [0, 0.05) is 53.1 Å². The van der Waals surface area contributed by atoms with E-state index in [0.29, 0.717) is 11.5 Å². The van der Waals surface area contributed by atoms with Crippen LogP contribution >= 0.6 is 0 Å². The first kappa shape index (κ1) is 28.0. The number of hydrogen-bond acceptors (Lipinski definition) is 5. The summed E-state index contributed by atoms with van der Waals surface area (Å²) in [6.45, 7) is 2.22. The van der Waals surface area contributed by atoms with Gasteiger partial charge in [-0.05, 0) is 81.8 Å². The zero-order valence-electron chi connectivity index (χ0n) is 24.1. The lowest BCUT2D eigenvalue weighted by atomic mass is 9.76. The topological polar surface area (TPSA) is 84.6 Å². The minimum Gasteiger partial charge on any atom is -0.360 e. The highest BCUT2D eigenvalue weighted by Crippen LogP contribution is 2.34. The van der Waals surface area contributed by atoms with Crippen molar-refractivity contribution in [2.45, 2.75) is 44.9 Å². The van der Waals surface area contributed by atoms with E-state index >= 15 is 0 Å². The molecule has 6 heteroatoms. The molecule has 6 nitrogen and oxygen atoms in total. The van der Waals surface area contributed by atoms with E-state index in [-0.39, 0.29) is 11.5 Å². The standard InChI is InChI=1S/C28H25NO3.C9H8N2/c1-2-5-19-11-15-26(28(30)20-8-12-21(13-9-20)29(31)32)25-17-16-23-22-7-4-3-6-18(22)10-14-24(23)27(19)25;1-2-4-9-8(3-1)7-10-5-6-11-9/h3-4,6-10,12-13,16-17,19H,2,5,11,14-15H2,1H3;1-7,11H. The number of ketones is 1. The highest BCUT2D eigenvalue weighted by Gasteiger charge is 2.27. The van der Waals surface area contributed by atoms with Crippen molar-refractivity contribution >= 4 is 35.0 Å². The van der Waals surface area contributed by atoms with Crippen molar-refractivity contribution in [2.24, 2.45) is 4.99 Å². The van der Waals surface area contributed by atoms with Crippen LogP contribution in [0.5, 0.6) is 0 Å². The third-order valence-corrected chi connectivity index (χ3v) is 8.44. The van der Waals surface area contributed by atoms with Crippen LogP contribution in [0.2, 0.25) is 0 Å². The van der Waals surface area contributed by atoms with Crippen LogP contribution in [0.25, 0.3) is 11.6 Å². The van der Waals surface area contributed by atoms with Gasteiger partial charge in [0.25, 0.3) is 5.69 Å². The summed E-state index contributed by atoms with van der Waals surface area (Å²) in [6.07, 6.45) is 12.5. The molecule has 0 saturated heterocycles. The van der Waals surface area contributed by atoms with E-state index in [0.717, 1.165) is 54.1 Å². The van der Waals surface area contributed by atoms with Crippen molar-refractivity contribution in [3.8, 4) is 0 Å². The summed E-state index contributed by atoms with van der Waals surface area (Å²) in [7, 11) is 0. The predicted molar refractivity (Wildman–Crippen MR) is 172 cm³/mol. The number of rotatable bonds is 5. The molecular weight excluding hydrogens is 534 g/mol. The van der Waals surface area contributed by atoms with Gasteiger partial charge >= 0.3 is 0 Å². The van der Waals surface area contributed by atoms with Gasteiger partial charge in [-0.1, -0.05) is 74.0 Å². The summed E-state index contributed by atoms with van der Waals surface area (Å²) < 4.78 is 0. The summed E-state index contributed by atoms with van der Waals surface area (Å²) in [5, 5.41) is 19.0. The molecule has 0 radical (unpaired) electrons. The van der Waals surface area contributed by atoms with Gasteiger partial charge in [0.1, 0.15) is 0 Å². The van der Waals surface area contributed by atoms with Crippen LogP contribution in [0.1, 0.15) is 65.6 Å². The molecule has 1 unspecified atom stereocenters. The second-order valence-corrected chi connectivity index (χ2v) is 11.0. The average Bonchev–Trinajstić information content (AvgIpc) is 3.30. The highest BCUT2D eigenvalue weighted by molar-refractivity contribution is 6.24. The van der Waals surface area contributed by atoms with Gasteiger partial charge in [0.2, 0.25) is 0 Å². The molecule has 4 aromatic carbocycles. The van der Waals surface area contributed by atoms with E-state index in [1.807, 2.05) is 36.7 Å². The Bertz CT molecular complexity index is 1990. The molecule has 2 aliphatic carbocycles. The first-order chi connectivity index (χ1) is 21.0. The van der Waals surface area contributed by atoms with Gasteiger partial charge < -0.3 is 5.32 Å². The zero-order valence-corrected chi connectivity index (χ0v) is 24.1. The smallest absolute Gasteiger partial charge is 0.269 e. The number of nitro benzene ring substituents is 1. The van der Waals surface area contributed by atoms with Gasteiger partial charge in [-0.2, -0.15) is 0 Å². The van der Waals surface area contributed by atoms with Crippen molar-refractivity contribution < 1.29 is 9.72 Å². The van der Waals surface area contributed by atoms with Crippen LogP contribution in [0.15, 0.2) is 102 Å². The van der Waals surface area contributed by atoms with Crippen LogP contribution < -0.4 is 15.8 Å². The number of carbonyl (C=O) groups excluding carboxylic acids is 1. The molecule has 214 valence electrons. The van der Waals surface area contributed by atoms with Crippen LogP contribution in [0.3, 0.4) is 0 Å². The van der Waals surface area contributed by atoms with E-state index in [2.05, 4.69) is 59.7 Å². The molecule has 1 atom stereocenters. The predicted octanol–water partition coefficient (Wildman–Crippen LogP) is 6.93. The highest BCUT2D eigenvalue weighted by atomic mass is 16.6. The maximum atomic E-state index is 13.5. The number of fused-ring (bicyclic) bond motifs is 5. The van der Waals surface area contributed by atoms with Gasteiger partial charge in [-0.15, -0.1) is 0 Å². The van der Waals surface area contributed by atoms with Gasteiger partial charge in [0.05, 0.1) is 4.92 Å². The molecule has 1 N–H and O–H groups in total. The summed E-state index contributed by atoms with van der Waals surface area (Å²) in [5.41, 5.74) is 6.27. The van der Waals surface area contributed by atoms with E-state index in [9.17, 15) is 14.9 Å². The maximum absolute atomic E-state index is 13.5. The van der Waals surface area contributed by atoms with Crippen molar-refractivity contribution in [1.29, 1.82) is 0 Å². The number of carbonyl (C=O) groups is 1. The van der Waals surface area contributed by atoms with Crippen LogP contribution in [0, 0.1) is 20.6 Å². The molecule has 7 rings (SSSR count). The Hall–Kier alpha value is -5.10. The minimum atomic E-state index is -0.437. The number of Topliss-reactive ketones (excluding diaryl/α,β-unsaturated/α-hetero) is 1. The minimum absolute atomic E-state index is 0.00174. The van der Waals surface area contributed by atoms with Crippen molar-refractivity contribution in [2.75, 3.05) is 5.32 Å². The molecule has 0 saturated carbocycles. The molecule has 3 aliphatic rings. The Labute approximate surface area is 250 Å². The normalized spacial score (nSPS) is 15.7. The molecule has 0 fully saturated rings. The van der Waals surface area contributed by atoms with Gasteiger partial charge in [-0.3, -0.25) is 19.9 Å². The molecular formula is C37H33N3O3. The molecule has 0 amide bonds. The third-order valence-electron chi connectivity index (χ3n) is 8.44. The molecule has 0 aromatic heterocycles. The quantitative estimate of drug-likeness (QED) is 0.161. The summed E-state index contributed by atoms with van der Waals surface area (Å²) in [6, 6.07) is 26.8. The maximum Gasteiger partial charge on any atom is 0.269 e. The number of hydrogen-bond donors (Lipinski definition) is 1. The van der Waals surface area contributed by atoms with Gasteiger partial charge in [0.15, 0.2) is 5.78 Å². The summed E-state index contributed by atoms with van der Waals surface area (Å²) in [4.78, 5) is 28.0. The number of nitro groups is 1. The first-order valence-electron chi connectivity index (χ1n) is 14.8. The Morgan fingerprint density at radius 1 is 0.953 bits per heavy atom. The van der Waals surface area contributed by atoms with E-state index in [1.165, 1.54) is 38.9 Å². The molecule has 0 spiro atoms. The monoisotopic (exact) mass is 567 g/mol. The fourth-order valence-electron chi connectivity index (χ4n) is 6.41. The fourth-order valence-corrected chi connectivity index (χ4v) is 6.41. The number of aliphatic imine (C=N–C) groups is 1. The summed E-state index contributed by atoms with van der Waals surface area (Å²) in [5.74, 6) is 0.438. The Balaban J connectivity index is 0.000000250. The molecule has 0 bridgehead atoms. The van der Waals surface area contributed by atoms with Crippen molar-refractivity contribution in [3.05, 3.63) is 151 Å². The van der Waals surface area contributed by atoms with Crippen LogP contribution in [-0.2, 0) is 6.42 Å². The molecule has 1 heterocycles. The largest absolute Gasteiger partial charge is 0.360 e. The lowest BCUT2D eigenvalue weighted by Gasteiger charge is -2.27. The number of non-ortho nitro benzene ring substituents is 1. The zero-order chi connectivity index (χ0) is 29.8. The SMILES string of the molecule is C1=CNc2ccccc2C=N1.CCCC1CCC(C(=O)c2ccc([N+](=O)[O-])cc2)=c2ccc3c(c21)CC=c1ccccc1=3. The van der Waals surface area contributed by atoms with E-state index < -0.39 is 4.92 Å². The molecule has 43 heavy (non-hydrogen) atoms. The lowest BCUT2D eigenvalue weighted by Crippen LogP contribution is -2.28. The first-order valence-corrected chi connectivity index (χ1v) is 14.8. The third kappa shape index (κ3) is 5.69. The lowest BCUT2D eigenvalue weighted by molar-refractivity contribution is -0.384. The number of nitrogens with zero attached hydrogens (tertiary/aromatic N) is 2. The number of benzene rings is 4. The van der Waals surface area contributed by atoms with Crippen LogP contribution in [-0.4, -0.2) is 16.9 Å². The number of para-hydroxylation sites is 1. The molecule has 1 aliphatic heterocycles. The Morgan fingerprint density at radius 2 is 1.72 bits per heavy atom. The second-order valence-electron chi connectivity index (χ2n) is 11.0. The Morgan fingerprint density at radius 3 is 2.53 bits per heavy atom.